The lowest BCUT2D eigenvalue weighted by Crippen LogP contribution is -2.15. The van der Waals surface area contributed by atoms with Gasteiger partial charge in [0.2, 0.25) is 0 Å². The van der Waals surface area contributed by atoms with Crippen LogP contribution in [0.25, 0.3) is 11.3 Å². The zero-order valence-corrected chi connectivity index (χ0v) is 10.7. The second kappa shape index (κ2) is 5.80. The van der Waals surface area contributed by atoms with Crippen molar-refractivity contribution in [1.29, 1.82) is 0 Å². The molecule has 2 rings (SSSR count). The maximum Gasteiger partial charge on any atom is 0.165 e. The first kappa shape index (κ1) is 12.8. The minimum Gasteiger partial charge on any atom is -0.385 e. The lowest BCUT2D eigenvalue weighted by atomic mass is 10.1. The maximum atomic E-state index is 9.97. The standard InChI is InChI=1S/C14H18N2O2/c1-16(2)9-8-13(17)14-10-12(15-18-14)11-6-4-3-5-7-11/h3-7,10,13,17H,8-9H2,1-2H3/t13-/m1/s1. The van der Waals surface area contributed by atoms with Crippen LogP contribution in [0.5, 0.6) is 0 Å². The molecule has 0 aliphatic rings. The van der Waals surface area contributed by atoms with E-state index in [2.05, 4.69) is 5.16 Å². The van der Waals surface area contributed by atoms with Crippen LogP contribution in [0, 0.1) is 0 Å². The largest absolute Gasteiger partial charge is 0.385 e. The second-order valence-corrected chi connectivity index (χ2v) is 4.59. The molecule has 18 heavy (non-hydrogen) atoms. The van der Waals surface area contributed by atoms with Crippen molar-refractivity contribution in [1.82, 2.24) is 10.1 Å². The lowest BCUT2D eigenvalue weighted by molar-refractivity contribution is 0.121. The van der Waals surface area contributed by atoms with Crippen molar-refractivity contribution in [2.24, 2.45) is 0 Å². The quantitative estimate of drug-likeness (QED) is 0.879. The zero-order valence-electron chi connectivity index (χ0n) is 10.7. The molecule has 0 saturated carbocycles. The molecule has 1 aromatic heterocycles. The molecule has 0 spiro atoms. The minimum absolute atomic E-state index is 0.524. The van der Waals surface area contributed by atoms with Gasteiger partial charge in [0, 0.05) is 18.2 Å². The number of rotatable bonds is 5. The van der Waals surface area contributed by atoms with E-state index in [0.29, 0.717) is 12.2 Å². The summed E-state index contributed by atoms with van der Waals surface area (Å²) in [4.78, 5) is 2.03. The summed E-state index contributed by atoms with van der Waals surface area (Å²) in [5.74, 6) is 0.524. The van der Waals surface area contributed by atoms with Gasteiger partial charge in [-0.1, -0.05) is 35.5 Å². The summed E-state index contributed by atoms with van der Waals surface area (Å²) in [6, 6.07) is 11.6. The second-order valence-electron chi connectivity index (χ2n) is 4.59. The maximum absolute atomic E-state index is 9.97. The first-order valence-corrected chi connectivity index (χ1v) is 6.01. The van der Waals surface area contributed by atoms with E-state index >= 15 is 0 Å². The van der Waals surface area contributed by atoms with Gasteiger partial charge in [-0.05, 0) is 20.5 Å². The van der Waals surface area contributed by atoms with Gasteiger partial charge in [0.25, 0.3) is 0 Å². The Morgan fingerprint density at radius 1 is 1.28 bits per heavy atom. The third kappa shape index (κ3) is 3.18. The Bertz CT molecular complexity index is 480. The van der Waals surface area contributed by atoms with Crippen molar-refractivity contribution < 1.29 is 9.63 Å². The third-order valence-electron chi connectivity index (χ3n) is 2.78. The van der Waals surface area contributed by atoms with Crippen LogP contribution in [0.15, 0.2) is 40.9 Å². The predicted molar refractivity (Wildman–Crippen MR) is 70.1 cm³/mol. The van der Waals surface area contributed by atoms with Crippen LogP contribution >= 0.6 is 0 Å². The first-order chi connectivity index (χ1) is 8.66. The van der Waals surface area contributed by atoms with E-state index < -0.39 is 6.10 Å². The molecule has 0 amide bonds. The van der Waals surface area contributed by atoms with Crippen molar-refractivity contribution in [3.63, 3.8) is 0 Å². The number of aliphatic hydroxyl groups is 1. The molecule has 1 aromatic carbocycles. The van der Waals surface area contributed by atoms with Crippen molar-refractivity contribution in [3.05, 3.63) is 42.2 Å². The van der Waals surface area contributed by atoms with E-state index in [1.54, 1.807) is 6.07 Å². The highest BCUT2D eigenvalue weighted by atomic mass is 16.5. The van der Waals surface area contributed by atoms with Crippen LogP contribution in [0.2, 0.25) is 0 Å². The summed E-state index contributed by atoms with van der Waals surface area (Å²) in [5.41, 5.74) is 1.75. The Labute approximate surface area is 107 Å². The molecule has 1 atom stereocenters. The van der Waals surface area contributed by atoms with Gasteiger partial charge in [0.15, 0.2) is 5.76 Å². The Morgan fingerprint density at radius 2 is 2.00 bits per heavy atom. The topological polar surface area (TPSA) is 49.5 Å². The summed E-state index contributed by atoms with van der Waals surface area (Å²) in [7, 11) is 3.95. The summed E-state index contributed by atoms with van der Waals surface area (Å²) < 4.78 is 5.19. The predicted octanol–water partition coefficient (Wildman–Crippen LogP) is 2.33. The van der Waals surface area contributed by atoms with Gasteiger partial charge in [0.1, 0.15) is 11.8 Å². The number of nitrogens with zero attached hydrogens (tertiary/aromatic N) is 2. The van der Waals surface area contributed by atoms with Gasteiger partial charge in [-0.15, -0.1) is 0 Å². The van der Waals surface area contributed by atoms with Gasteiger partial charge < -0.3 is 14.5 Å². The minimum atomic E-state index is -0.600. The average Bonchev–Trinajstić information content (AvgIpc) is 2.86. The van der Waals surface area contributed by atoms with E-state index in [-0.39, 0.29) is 0 Å². The zero-order chi connectivity index (χ0) is 13.0. The lowest BCUT2D eigenvalue weighted by Gasteiger charge is -2.11. The molecule has 2 aromatic rings. The number of aliphatic hydroxyl groups excluding tert-OH is 1. The van der Waals surface area contributed by atoms with Gasteiger partial charge in [-0.25, -0.2) is 0 Å². The summed E-state index contributed by atoms with van der Waals surface area (Å²) in [6.45, 7) is 0.808. The molecule has 0 radical (unpaired) electrons. The Morgan fingerprint density at radius 3 is 2.67 bits per heavy atom. The molecule has 96 valence electrons. The Kier molecular flexibility index (Phi) is 4.12. The number of aromatic nitrogens is 1. The molecular formula is C14H18N2O2. The molecular weight excluding hydrogens is 228 g/mol. The smallest absolute Gasteiger partial charge is 0.165 e. The molecule has 0 saturated heterocycles. The van der Waals surface area contributed by atoms with Crippen molar-refractivity contribution >= 4 is 0 Å². The van der Waals surface area contributed by atoms with Gasteiger partial charge in [-0.3, -0.25) is 0 Å². The van der Waals surface area contributed by atoms with Gasteiger partial charge >= 0.3 is 0 Å². The van der Waals surface area contributed by atoms with E-state index in [4.69, 9.17) is 4.52 Å². The van der Waals surface area contributed by atoms with Crippen LogP contribution in [-0.2, 0) is 0 Å². The normalized spacial score (nSPS) is 12.9. The fraction of sp³-hybridized carbons (Fsp3) is 0.357. The molecule has 0 bridgehead atoms. The molecule has 1 N–H and O–H groups in total. The molecule has 4 heteroatoms. The third-order valence-corrected chi connectivity index (χ3v) is 2.78. The van der Waals surface area contributed by atoms with Crippen LogP contribution < -0.4 is 0 Å². The van der Waals surface area contributed by atoms with Crippen LogP contribution in [0.1, 0.15) is 18.3 Å². The molecule has 0 unspecified atom stereocenters. The van der Waals surface area contributed by atoms with Crippen LogP contribution in [-0.4, -0.2) is 35.8 Å². The summed E-state index contributed by atoms with van der Waals surface area (Å²) >= 11 is 0. The van der Waals surface area contributed by atoms with Crippen molar-refractivity contribution in [2.45, 2.75) is 12.5 Å². The first-order valence-electron chi connectivity index (χ1n) is 6.01. The van der Waals surface area contributed by atoms with Crippen molar-refractivity contribution in [3.8, 4) is 11.3 Å². The summed E-state index contributed by atoms with van der Waals surface area (Å²) in [6.07, 6.45) is 0.0357. The Hall–Kier alpha value is -1.65. The van der Waals surface area contributed by atoms with E-state index in [9.17, 15) is 5.11 Å². The van der Waals surface area contributed by atoms with E-state index in [1.165, 1.54) is 0 Å². The average molecular weight is 246 g/mol. The van der Waals surface area contributed by atoms with Gasteiger partial charge in [0.05, 0.1) is 0 Å². The molecule has 4 nitrogen and oxygen atoms in total. The highest BCUT2D eigenvalue weighted by molar-refractivity contribution is 5.58. The van der Waals surface area contributed by atoms with Crippen LogP contribution in [0.3, 0.4) is 0 Å². The fourth-order valence-electron chi connectivity index (χ4n) is 1.71. The van der Waals surface area contributed by atoms with Crippen LogP contribution in [0.4, 0.5) is 0 Å². The highest BCUT2D eigenvalue weighted by Gasteiger charge is 2.14. The number of hydrogen-bond acceptors (Lipinski definition) is 4. The molecule has 1 heterocycles. The van der Waals surface area contributed by atoms with E-state index in [0.717, 1.165) is 17.8 Å². The molecule has 0 aliphatic carbocycles. The highest BCUT2D eigenvalue weighted by Crippen LogP contribution is 2.23. The van der Waals surface area contributed by atoms with E-state index in [1.807, 2.05) is 49.3 Å². The van der Waals surface area contributed by atoms with Crippen molar-refractivity contribution in [2.75, 3.05) is 20.6 Å². The van der Waals surface area contributed by atoms with Gasteiger partial charge in [-0.2, -0.15) is 0 Å². The summed E-state index contributed by atoms with van der Waals surface area (Å²) in [5, 5.41) is 14.0. The SMILES string of the molecule is CN(C)CC[C@@H](O)c1cc(-c2ccccc2)no1. The fourth-order valence-corrected chi connectivity index (χ4v) is 1.71. The Balaban J connectivity index is 2.06. The molecule has 0 aliphatic heterocycles. The monoisotopic (exact) mass is 246 g/mol. The molecule has 0 fully saturated rings. The number of benzene rings is 1. The number of hydrogen-bond donors (Lipinski definition) is 1.